The zero-order chi connectivity index (χ0) is 22.1. The van der Waals surface area contributed by atoms with Gasteiger partial charge in [-0.15, -0.1) is 0 Å². The Morgan fingerprint density at radius 3 is 2.68 bits per heavy atom. The molecule has 31 heavy (non-hydrogen) atoms. The van der Waals surface area contributed by atoms with E-state index in [-0.39, 0.29) is 11.8 Å². The fourth-order valence-electron chi connectivity index (χ4n) is 3.95. The molecule has 3 rings (SSSR count). The van der Waals surface area contributed by atoms with E-state index in [0.29, 0.717) is 64.0 Å². The average Bonchev–Trinajstić information content (AvgIpc) is 2.78. The maximum absolute atomic E-state index is 13.4. The molecule has 0 spiro atoms. The van der Waals surface area contributed by atoms with E-state index in [1.54, 1.807) is 0 Å². The molecule has 0 bridgehead atoms. The van der Waals surface area contributed by atoms with E-state index in [2.05, 4.69) is 24.1 Å². The van der Waals surface area contributed by atoms with Crippen LogP contribution >= 0.6 is 0 Å². The number of morpholine rings is 1. The van der Waals surface area contributed by atoms with Crippen LogP contribution in [-0.2, 0) is 16.1 Å². The van der Waals surface area contributed by atoms with E-state index >= 15 is 0 Å². The van der Waals surface area contributed by atoms with Gasteiger partial charge in [0.1, 0.15) is 5.75 Å². The predicted octanol–water partition coefficient (Wildman–Crippen LogP) is 2.69. The van der Waals surface area contributed by atoms with Crippen LogP contribution in [-0.4, -0.2) is 74.2 Å². The largest absolute Gasteiger partial charge is 0.493 e. The highest BCUT2D eigenvalue weighted by molar-refractivity contribution is 5.96. The molecule has 7 heteroatoms. The van der Waals surface area contributed by atoms with Crippen LogP contribution < -0.4 is 10.1 Å². The average molecular weight is 432 g/mol. The third-order valence-electron chi connectivity index (χ3n) is 5.83. The van der Waals surface area contributed by atoms with Crippen LogP contribution in [0.25, 0.3) is 0 Å². The maximum Gasteiger partial charge on any atom is 0.254 e. The number of benzene rings is 1. The summed E-state index contributed by atoms with van der Waals surface area (Å²) in [5, 5.41) is 3.04. The van der Waals surface area contributed by atoms with E-state index < -0.39 is 0 Å². The van der Waals surface area contributed by atoms with Crippen LogP contribution in [0.2, 0.25) is 0 Å². The molecule has 0 aromatic heterocycles. The Bertz CT molecular complexity index is 732. The summed E-state index contributed by atoms with van der Waals surface area (Å²) in [5.74, 6) is 1.35. The lowest BCUT2D eigenvalue weighted by Gasteiger charge is -2.29. The van der Waals surface area contributed by atoms with Crippen molar-refractivity contribution < 1.29 is 19.1 Å². The van der Waals surface area contributed by atoms with Gasteiger partial charge in [-0.3, -0.25) is 14.5 Å². The highest BCUT2D eigenvalue weighted by atomic mass is 16.5. The summed E-state index contributed by atoms with van der Waals surface area (Å²) < 4.78 is 11.6. The lowest BCUT2D eigenvalue weighted by atomic mass is 10.0. The second kappa shape index (κ2) is 12.1. The van der Waals surface area contributed by atoms with E-state index in [1.165, 1.54) is 0 Å². The van der Waals surface area contributed by atoms with E-state index in [1.807, 2.05) is 23.1 Å². The molecular formula is C24H37N3O4. The summed E-state index contributed by atoms with van der Waals surface area (Å²) in [6, 6.07) is 5.74. The number of amides is 2. The first-order chi connectivity index (χ1) is 15.0. The van der Waals surface area contributed by atoms with Crippen molar-refractivity contribution in [1.82, 2.24) is 15.1 Å². The van der Waals surface area contributed by atoms with Crippen molar-refractivity contribution >= 4 is 11.8 Å². The Morgan fingerprint density at radius 1 is 1.10 bits per heavy atom. The third kappa shape index (κ3) is 7.21. The summed E-state index contributed by atoms with van der Waals surface area (Å²) in [5.41, 5.74) is 1.55. The number of nitrogens with zero attached hydrogens (tertiary/aromatic N) is 2. The van der Waals surface area contributed by atoms with Crippen molar-refractivity contribution in [2.24, 2.45) is 5.92 Å². The molecule has 0 unspecified atom stereocenters. The molecule has 2 aliphatic rings. The van der Waals surface area contributed by atoms with Crippen molar-refractivity contribution in [3.63, 3.8) is 0 Å². The number of hydrogen-bond acceptors (Lipinski definition) is 5. The summed E-state index contributed by atoms with van der Waals surface area (Å²) >= 11 is 0. The molecule has 0 aliphatic carbocycles. The first kappa shape index (κ1) is 23.5. The number of carbonyl (C=O) groups is 2. The number of rotatable bonds is 4. The van der Waals surface area contributed by atoms with Crippen LogP contribution in [0.3, 0.4) is 0 Å². The van der Waals surface area contributed by atoms with Crippen molar-refractivity contribution in [2.75, 3.05) is 52.5 Å². The molecule has 2 amide bonds. The standard InChI is InChI=1S/C24H37N3O4/c1-19(2)9-11-26-17-21-20(24(29)27-12-15-30-16-13-27)7-6-8-22(21)31-14-5-3-4-10-25-23(28)18-26/h6-8,19H,3-5,9-18H2,1-2H3,(H,25,28). The van der Waals surface area contributed by atoms with Gasteiger partial charge in [0.05, 0.1) is 26.4 Å². The van der Waals surface area contributed by atoms with Gasteiger partial charge < -0.3 is 19.7 Å². The quantitative estimate of drug-likeness (QED) is 0.794. The lowest BCUT2D eigenvalue weighted by molar-refractivity contribution is -0.122. The second-order valence-corrected chi connectivity index (χ2v) is 8.84. The molecule has 1 fully saturated rings. The second-order valence-electron chi connectivity index (χ2n) is 8.84. The molecule has 1 aromatic rings. The van der Waals surface area contributed by atoms with Crippen LogP contribution in [0.5, 0.6) is 5.75 Å². The highest BCUT2D eigenvalue weighted by Crippen LogP contribution is 2.27. The first-order valence-electron chi connectivity index (χ1n) is 11.7. The van der Waals surface area contributed by atoms with Gasteiger partial charge in [-0.25, -0.2) is 0 Å². The molecule has 1 N–H and O–H groups in total. The fraction of sp³-hybridized carbons (Fsp3) is 0.667. The fourth-order valence-corrected chi connectivity index (χ4v) is 3.95. The van der Waals surface area contributed by atoms with Gasteiger partial charge in [0.15, 0.2) is 0 Å². The summed E-state index contributed by atoms with van der Waals surface area (Å²) in [6.45, 7) is 9.66. The number of carbonyl (C=O) groups excluding carboxylic acids is 2. The monoisotopic (exact) mass is 431 g/mol. The number of hydrogen-bond donors (Lipinski definition) is 1. The molecule has 0 atom stereocenters. The predicted molar refractivity (Wildman–Crippen MR) is 120 cm³/mol. The van der Waals surface area contributed by atoms with Gasteiger partial charge in [-0.2, -0.15) is 0 Å². The van der Waals surface area contributed by atoms with Gasteiger partial charge in [-0.1, -0.05) is 19.9 Å². The van der Waals surface area contributed by atoms with Crippen LogP contribution in [0.1, 0.15) is 55.5 Å². The Hall–Kier alpha value is -2.12. The number of ether oxygens (including phenoxy) is 2. The summed E-state index contributed by atoms with van der Waals surface area (Å²) in [7, 11) is 0. The molecule has 1 saturated heterocycles. The SMILES string of the molecule is CC(C)CCN1CC(=O)NCCCCCOc2cccc(C(=O)N3CCOCC3)c2C1. The zero-order valence-corrected chi connectivity index (χ0v) is 19.0. The molecule has 2 heterocycles. The van der Waals surface area contributed by atoms with Gasteiger partial charge in [0.2, 0.25) is 5.91 Å². The van der Waals surface area contributed by atoms with Gasteiger partial charge in [-0.05, 0) is 50.3 Å². The highest BCUT2D eigenvalue weighted by Gasteiger charge is 2.25. The van der Waals surface area contributed by atoms with Gasteiger partial charge in [0, 0.05) is 37.3 Å². The molecule has 2 aliphatic heterocycles. The van der Waals surface area contributed by atoms with Crippen molar-refractivity contribution in [3.8, 4) is 5.75 Å². The Morgan fingerprint density at radius 2 is 1.90 bits per heavy atom. The number of nitrogens with one attached hydrogen (secondary N) is 1. The number of fused-ring (bicyclic) bond motifs is 1. The minimum Gasteiger partial charge on any atom is -0.493 e. The summed E-state index contributed by atoms with van der Waals surface area (Å²) in [4.78, 5) is 29.9. The third-order valence-corrected chi connectivity index (χ3v) is 5.83. The zero-order valence-electron chi connectivity index (χ0n) is 19.0. The lowest BCUT2D eigenvalue weighted by Crippen LogP contribution is -2.42. The van der Waals surface area contributed by atoms with Crippen molar-refractivity contribution in [1.29, 1.82) is 0 Å². The van der Waals surface area contributed by atoms with E-state index in [0.717, 1.165) is 43.5 Å². The van der Waals surface area contributed by atoms with Crippen LogP contribution in [0.15, 0.2) is 18.2 Å². The van der Waals surface area contributed by atoms with Gasteiger partial charge in [0.25, 0.3) is 5.91 Å². The molecule has 0 saturated carbocycles. The molecule has 7 nitrogen and oxygen atoms in total. The van der Waals surface area contributed by atoms with Crippen molar-refractivity contribution in [3.05, 3.63) is 29.3 Å². The maximum atomic E-state index is 13.4. The summed E-state index contributed by atoms with van der Waals surface area (Å²) in [6.07, 6.45) is 3.86. The Kier molecular flexibility index (Phi) is 9.15. The molecular weight excluding hydrogens is 394 g/mol. The minimum atomic E-state index is 0.0151. The van der Waals surface area contributed by atoms with Crippen molar-refractivity contribution in [2.45, 2.75) is 46.1 Å². The smallest absolute Gasteiger partial charge is 0.254 e. The Balaban J connectivity index is 1.90. The van der Waals surface area contributed by atoms with E-state index in [4.69, 9.17) is 9.47 Å². The molecule has 0 radical (unpaired) electrons. The normalized spacial score (nSPS) is 19.5. The molecule has 172 valence electrons. The Labute approximate surface area is 186 Å². The van der Waals surface area contributed by atoms with Gasteiger partial charge >= 0.3 is 0 Å². The van der Waals surface area contributed by atoms with Crippen LogP contribution in [0, 0.1) is 5.92 Å². The van der Waals surface area contributed by atoms with Crippen LogP contribution in [0.4, 0.5) is 0 Å². The molecule has 1 aromatic carbocycles. The van der Waals surface area contributed by atoms with E-state index in [9.17, 15) is 9.59 Å². The first-order valence-corrected chi connectivity index (χ1v) is 11.7. The minimum absolute atomic E-state index is 0.0151. The topological polar surface area (TPSA) is 71.1 Å².